The maximum Gasteiger partial charge on any atom is 0.167 e. The second-order valence-electron chi connectivity index (χ2n) is 6.60. The number of aryl methyl sites for hydroxylation is 1. The van der Waals surface area contributed by atoms with Gasteiger partial charge in [-0.25, -0.2) is 0 Å². The summed E-state index contributed by atoms with van der Waals surface area (Å²) in [4.78, 5) is 0. The summed E-state index contributed by atoms with van der Waals surface area (Å²) >= 11 is 0. The minimum Gasteiger partial charge on any atom is -0.497 e. The third-order valence-electron chi connectivity index (χ3n) is 4.88. The van der Waals surface area contributed by atoms with Gasteiger partial charge in [-0.1, -0.05) is 0 Å². The van der Waals surface area contributed by atoms with E-state index in [1.165, 1.54) is 12.8 Å². The molecule has 2 aromatic rings. The lowest BCUT2D eigenvalue weighted by atomic mass is 10.1. The lowest BCUT2D eigenvalue weighted by molar-refractivity contribution is 0.207. The Hall–Kier alpha value is -2.81. The van der Waals surface area contributed by atoms with Crippen molar-refractivity contribution >= 4 is 5.82 Å². The minimum absolute atomic E-state index is 0.261. The fourth-order valence-electron chi connectivity index (χ4n) is 3.15. The number of methoxy groups -OCH3 is 1. The van der Waals surface area contributed by atoms with Crippen molar-refractivity contribution in [2.45, 2.75) is 52.2 Å². The second kappa shape index (κ2) is 8.05. The molecule has 1 heterocycles. The van der Waals surface area contributed by atoms with Gasteiger partial charge < -0.3 is 14.8 Å². The van der Waals surface area contributed by atoms with Gasteiger partial charge in [0.05, 0.1) is 18.9 Å². The lowest BCUT2D eigenvalue weighted by Crippen LogP contribution is -2.14. The number of benzene rings is 1. The van der Waals surface area contributed by atoms with Crippen molar-refractivity contribution in [2.75, 3.05) is 12.4 Å². The molecular formula is C20H24N4O2. The largest absolute Gasteiger partial charge is 0.497 e. The van der Waals surface area contributed by atoms with Gasteiger partial charge in [0, 0.05) is 18.2 Å². The highest BCUT2D eigenvalue weighted by atomic mass is 16.5. The van der Waals surface area contributed by atoms with Crippen molar-refractivity contribution in [3.63, 3.8) is 0 Å². The molecule has 0 aliphatic heterocycles. The fraction of sp³-hybridized carbons (Fsp3) is 0.450. The highest BCUT2D eigenvalue weighted by Crippen LogP contribution is 2.30. The van der Waals surface area contributed by atoms with Crippen LogP contribution in [-0.4, -0.2) is 23.4 Å². The highest BCUT2D eigenvalue weighted by molar-refractivity contribution is 5.56. The van der Waals surface area contributed by atoms with Crippen LogP contribution in [0.5, 0.6) is 11.5 Å². The first-order valence-corrected chi connectivity index (χ1v) is 8.93. The molecule has 0 amide bonds. The summed E-state index contributed by atoms with van der Waals surface area (Å²) in [7, 11) is 1.65. The van der Waals surface area contributed by atoms with Crippen LogP contribution in [0.4, 0.5) is 5.82 Å². The number of hydrogen-bond acceptors (Lipinski definition) is 6. The number of rotatable bonds is 6. The van der Waals surface area contributed by atoms with Crippen molar-refractivity contribution in [1.29, 1.82) is 5.26 Å². The van der Waals surface area contributed by atoms with Crippen LogP contribution in [0.1, 0.15) is 48.1 Å². The molecule has 26 heavy (non-hydrogen) atoms. The highest BCUT2D eigenvalue weighted by Gasteiger charge is 2.19. The topological polar surface area (TPSA) is 80.1 Å². The molecule has 1 aromatic heterocycles. The summed E-state index contributed by atoms with van der Waals surface area (Å²) in [5, 5.41) is 20.9. The molecule has 0 spiro atoms. The maximum absolute atomic E-state index is 9.43. The van der Waals surface area contributed by atoms with E-state index in [4.69, 9.17) is 9.47 Å². The van der Waals surface area contributed by atoms with E-state index in [0.717, 1.165) is 41.2 Å². The Morgan fingerprint density at radius 3 is 2.69 bits per heavy atom. The molecule has 0 bridgehead atoms. The van der Waals surface area contributed by atoms with Crippen LogP contribution in [0.3, 0.4) is 0 Å². The van der Waals surface area contributed by atoms with Crippen LogP contribution in [0, 0.1) is 25.2 Å². The van der Waals surface area contributed by atoms with Gasteiger partial charge in [0.2, 0.25) is 0 Å². The lowest BCUT2D eigenvalue weighted by Gasteiger charge is -2.18. The smallest absolute Gasteiger partial charge is 0.167 e. The molecule has 6 nitrogen and oxygen atoms in total. The molecule has 1 aromatic carbocycles. The standard InChI is InChI=1S/C20H24N4O2/c1-13-14(2)23-24-20(18(13)11-21)22-12-15-8-9-17(25-3)10-19(15)26-16-6-4-5-7-16/h8-10,16H,4-7,12H2,1-3H3,(H,22,24). The quantitative estimate of drug-likeness (QED) is 0.849. The first kappa shape index (κ1) is 18.0. The molecule has 1 N–H and O–H groups in total. The Morgan fingerprint density at radius 1 is 1.23 bits per heavy atom. The summed E-state index contributed by atoms with van der Waals surface area (Å²) in [6.07, 6.45) is 4.87. The summed E-state index contributed by atoms with van der Waals surface area (Å²) in [6, 6.07) is 8.03. The summed E-state index contributed by atoms with van der Waals surface area (Å²) < 4.78 is 11.6. The number of hydrogen-bond donors (Lipinski definition) is 1. The summed E-state index contributed by atoms with van der Waals surface area (Å²) in [6.45, 7) is 4.23. The van der Waals surface area contributed by atoms with Gasteiger partial charge in [-0.3, -0.25) is 0 Å². The van der Waals surface area contributed by atoms with E-state index in [9.17, 15) is 5.26 Å². The van der Waals surface area contributed by atoms with Gasteiger partial charge in [-0.15, -0.1) is 5.10 Å². The van der Waals surface area contributed by atoms with Crippen LogP contribution >= 0.6 is 0 Å². The number of ether oxygens (including phenoxy) is 2. The number of nitriles is 1. The van der Waals surface area contributed by atoms with Crippen molar-refractivity contribution in [3.8, 4) is 17.6 Å². The van der Waals surface area contributed by atoms with Crippen LogP contribution in [0.2, 0.25) is 0 Å². The molecule has 0 atom stereocenters. The Bertz CT molecular complexity index is 823. The number of aromatic nitrogens is 2. The third-order valence-corrected chi connectivity index (χ3v) is 4.88. The average Bonchev–Trinajstić information content (AvgIpc) is 3.16. The third kappa shape index (κ3) is 3.88. The van der Waals surface area contributed by atoms with E-state index < -0.39 is 0 Å². The summed E-state index contributed by atoms with van der Waals surface area (Å²) in [5.41, 5.74) is 3.15. The molecule has 1 saturated carbocycles. The maximum atomic E-state index is 9.43. The van der Waals surface area contributed by atoms with E-state index in [1.807, 2.05) is 32.0 Å². The Balaban J connectivity index is 1.81. The zero-order valence-electron chi connectivity index (χ0n) is 15.5. The van der Waals surface area contributed by atoms with E-state index in [0.29, 0.717) is 17.9 Å². The minimum atomic E-state index is 0.261. The SMILES string of the molecule is COc1ccc(CNc2nnc(C)c(C)c2C#N)c(OC2CCCC2)c1. The monoisotopic (exact) mass is 352 g/mol. The predicted molar refractivity (Wildman–Crippen MR) is 99.4 cm³/mol. The van der Waals surface area contributed by atoms with Crippen LogP contribution in [0.25, 0.3) is 0 Å². The molecule has 0 unspecified atom stereocenters. The predicted octanol–water partition coefficient (Wildman–Crippen LogP) is 3.91. The Labute approximate surface area is 154 Å². The molecule has 0 saturated heterocycles. The van der Waals surface area contributed by atoms with Crippen LogP contribution in [-0.2, 0) is 6.54 Å². The Morgan fingerprint density at radius 2 is 2.00 bits per heavy atom. The van der Waals surface area contributed by atoms with Gasteiger partial charge in [0.15, 0.2) is 5.82 Å². The van der Waals surface area contributed by atoms with Gasteiger partial charge in [-0.2, -0.15) is 10.4 Å². The molecule has 6 heteroatoms. The van der Waals surface area contributed by atoms with Crippen LogP contribution < -0.4 is 14.8 Å². The molecule has 136 valence electrons. The van der Waals surface area contributed by atoms with E-state index >= 15 is 0 Å². The number of nitrogens with zero attached hydrogens (tertiary/aromatic N) is 3. The van der Waals surface area contributed by atoms with Crippen molar-refractivity contribution in [1.82, 2.24) is 10.2 Å². The fourth-order valence-corrected chi connectivity index (χ4v) is 3.15. The zero-order chi connectivity index (χ0) is 18.5. The van der Waals surface area contributed by atoms with Crippen molar-refractivity contribution in [2.24, 2.45) is 0 Å². The Kier molecular flexibility index (Phi) is 5.57. The zero-order valence-corrected chi connectivity index (χ0v) is 15.5. The van der Waals surface area contributed by atoms with E-state index in [1.54, 1.807) is 7.11 Å². The molecule has 1 aliphatic rings. The first-order chi connectivity index (χ1) is 12.6. The molecule has 0 radical (unpaired) electrons. The molecular weight excluding hydrogens is 328 g/mol. The molecule has 1 aliphatic carbocycles. The normalized spacial score (nSPS) is 14.1. The van der Waals surface area contributed by atoms with E-state index in [-0.39, 0.29) is 6.10 Å². The number of nitrogens with one attached hydrogen (secondary N) is 1. The number of anilines is 1. The molecule has 1 fully saturated rings. The first-order valence-electron chi connectivity index (χ1n) is 8.93. The van der Waals surface area contributed by atoms with Crippen molar-refractivity contribution < 1.29 is 9.47 Å². The van der Waals surface area contributed by atoms with Crippen molar-refractivity contribution in [3.05, 3.63) is 40.6 Å². The van der Waals surface area contributed by atoms with Gasteiger partial charge >= 0.3 is 0 Å². The van der Waals surface area contributed by atoms with Gasteiger partial charge in [0.1, 0.15) is 23.1 Å². The second-order valence-corrected chi connectivity index (χ2v) is 6.60. The average molecular weight is 352 g/mol. The summed E-state index contributed by atoms with van der Waals surface area (Å²) in [5.74, 6) is 2.09. The van der Waals surface area contributed by atoms with Gasteiger partial charge in [-0.05, 0) is 57.2 Å². The van der Waals surface area contributed by atoms with E-state index in [2.05, 4.69) is 21.6 Å². The van der Waals surface area contributed by atoms with Crippen LogP contribution in [0.15, 0.2) is 18.2 Å². The molecule has 3 rings (SSSR count). The van der Waals surface area contributed by atoms with Gasteiger partial charge in [0.25, 0.3) is 0 Å².